The van der Waals surface area contributed by atoms with E-state index in [0.29, 0.717) is 11.6 Å². The summed E-state index contributed by atoms with van der Waals surface area (Å²) in [5, 5.41) is 5.17. The van der Waals surface area contributed by atoms with Crippen LogP contribution in [0.5, 0.6) is 5.75 Å². The number of carbonyl (C=O) groups excluding carboxylic acids is 1. The molecule has 0 bridgehead atoms. The molecule has 3 rings (SSSR count). The lowest BCUT2D eigenvalue weighted by Gasteiger charge is -2.09. The Balaban J connectivity index is 1.70. The van der Waals surface area contributed by atoms with Crippen LogP contribution < -0.4 is 10.1 Å². The van der Waals surface area contributed by atoms with E-state index in [9.17, 15) is 4.79 Å². The molecule has 0 radical (unpaired) electrons. The number of hydrogen-bond acceptors (Lipinski definition) is 4. The van der Waals surface area contributed by atoms with Gasteiger partial charge in [-0.2, -0.15) is 0 Å². The third-order valence-corrected chi connectivity index (χ3v) is 3.29. The van der Waals surface area contributed by atoms with Crippen molar-refractivity contribution in [1.82, 2.24) is 4.98 Å². The highest BCUT2D eigenvalue weighted by atomic mass is 32.1. The molecule has 0 saturated heterocycles. The Bertz CT molecular complexity index is 514. The van der Waals surface area contributed by atoms with Crippen molar-refractivity contribution >= 4 is 22.4 Å². The van der Waals surface area contributed by atoms with Crippen molar-refractivity contribution in [2.75, 3.05) is 5.32 Å². The van der Waals surface area contributed by atoms with Crippen molar-refractivity contribution in [3.63, 3.8) is 0 Å². The van der Waals surface area contributed by atoms with E-state index in [4.69, 9.17) is 4.74 Å². The average molecular weight is 246 g/mol. The first-order valence-electron chi connectivity index (χ1n) is 5.28. The summed E-state index contributed by atoms with van der Waals surface area (Å²) in [5.74, 6) is 0.655. The highest BCUT2D eigenvalue weighted by Crippen LogP contribution is 2.28. The van der Waals surface area contributed by atoms with Gasteiger partial charge in [0, 0.05) is 18.0 Å². The van der Waals surface area contributed by atoms with Gasteiger partial charge < -0.3 is 4.74 Å². The summed E-state index contributed by atoms with van der Waals surface area (Å²) in [6.07, 6.45) is 1.83. The lowest BCUT2D eigenvalue weighted by molar-refractivity contribution is -0.122. The second-order valence-corrected chi connectivity index (χ2v) is 4.64. The fourth-order valence-electron chi connectivity index (χ4n) is 1.80. The molecule has 17 heavy (non-hydrogen) atoms. The third kappa shape index (κ3) is 2.01. The van der Waals surface area contributed by atoms with E-state index in [1.807, 2.05) is 29.6 Å². The largest absolute Gasteiger partial charge is 0.480 e. The maximum atomic E-state index is 11.9. The number of amides is 1. The minimum atomic E-state index is -0.448. The number of para-hydroxylation sites is 1. The molecule has 4 nitrogen and oxygen atoms in total. The van der Waals surface area contributed by atoms with Crippen molar-refractivity contribution in [2.24, 2.45) is 0 Å². The van der Waals surface area contributed by atoms with Gasteiger partial charge in [-0.05, 0) is 11.6 Å². The molecule has 1 amide bonds. The van der Waals surface area contributed by atoms with Gasteiger partial charge in [-0.25, -0.2) is 4.98 Å². The van der Waals surface area contributed by atoms with Crippen LogP contribution >= 0.6 is 11.3 Å². The number of thiazole rings is 1. The monoisotopic (exact) mass is 246 g/mol. The van der Waals surface area contributed by atoms with E-state index in [1.165, 1.54) is 11.3 Å². The normalized spacial score (nSPS) is 17.3. The Hall–Kier alpha value is -1.88. The van der Waals surface area contributed by atoms with Crippen LogP contribution in [0.2, 0.25) is 0 Å². The van der Waals surface area contributed by atoms with Crippen molar-refractivity contribution in [1.29, 1.82) is 0 Å². The van der Waals surface area contributed by atoms with Gasteiger partial charge in [0.25, 0.3) is 5.91 Å². The first kappa shape index (κ1) is 10.3. The molecule has 1 aromatic carbocycles. The topological polar surface area (TPSA) is 51.2 Å². The molecule has 0 saturated carbocycles. The Morgan fingerprint density at radius 3 is 3.12 bits per heavy atom. The van der Waals surface area contributed by atoms with Crippen LogP contribution in [-0.4, -0.2) is 17.0 Å². The summed E-state index contributed by atoms with van der Waals surface area (Å²) in [6.45, 7) is 0. The summed E-state index contributed by atoms with van der Waals surface area (Å²) in [4.78, 5) is 15.9. The first-order valence-corrected chi connectivity index (χ1v) is 6.16. The molecule has 1 N–H and O–H groups in total. The summed E-state index contributed by atoms with van der Waals surface area (Å²) >= 11 is 1.40. The quantitative estimate of drug-likeness (QED) is 0.882. The fourth-order valence-corrected chi connectivity index (χ4v) is 2.33. The minimum Gasteiger partial charge on any atom is -0.480 e. The first-order chi connectivity index (χ1) is 8.33. The average Bonchev–Trinajstić information content (AvgIpc) is 2.96. The van der Waals surface area contributed by atoms with Gasteiger partial charge in [-0.1, -0.05) is 18.2 Å². The summed E-state index contributed by atoms with van der Waals surface area (Å²) in [6, 6.07) is 7.71. The number of benzene rings is 1. The van der Waals surface area contributed by atoms with Crippen LogP contribution in [0, 0.1) is 0 Å². The zero-order chi connectivity index (χ0) is 11.7. The van der Waals surface area contributed by atoms with E-state index >= 15 is 0 Å². The van der Waals surface area contributed by atoms with Crippen molar-refractivity contribution in [3.8, 4) is 5.75 Å². The van der Waals surface area contributed by atoms with E-state index in [0.717, 1.165) is 11.3 Å². The van der Waals surface area contributed by atoms with Gasteiger partial charge in [0.05, 0.1) is 0 Å². The number of nitrogens with one attached hydrogen (secondary N) is 1. The van der Waals surface area contributed by atoms with E-state index in [2.05, 4.69) is 10.3 Å². The number of hydrogen-bond donors (Lipinski definition) is 1. The number of aromatic nitrogens is 1. The summed E-state index contributed by atoms with van der Waals surface area (Å²) in [7, 11) is 0. The highest BCUT2D eigenvalue weighted by molar-refractivity contribution is 7.13. The SMILES string of the molecule is O=C(Nc1nccs1)[C@H]1Cc2ccccc2O1. The smallest absolute Gasteiger partial charge is 0.267 e. The van der Waals surface area contributed by atoms with Gasteiger partial charge >= 0.3 is 0 Å². The maximum absolute atomic E-state index is 11.9. The van der Waals surface area contributed by atoms with Crippen LogP contribution in [0.4, 0.5) is 5.13 Å². The molecule has 1 aliphatic heterocycles. The molecule has 0 fully saturated rings. The van der Waals surface area contributed by atoms with Gasteiger partial charge in [0.1, 0.15) is 5.75 Å². The lowest BCUT2D eigenvalue weighted by atomic mass is 10.1. The molecule has 1 aliphatic rings. The van der Waals surface area contributed by atoms with E-state index < -0.39 is 6.10 Å². The van der Waals surface area contributed by atoms with E-state index in [-0.39, 0.29) is 5.91 Å². The van der Waals surface area contributed by atoms with Crippen LogP contribution in [0.25, 0.3) is 0 Å². The molecule has 5 heteroatoms. The van der Waals surface area contributed by atoms with Crippen molar-refractivity contribution in [3.05, 3.63) is 41.4 Å². The predicted molar refractivity (Wildman–Crippen MR) is 65.3 cm³/mol. The van der Waals surface area contributed by atoms with Crippen LogP contribution in [0.1, 0.15) is 5.56 Å². The number of rotatable bonds is 2. The fraction of sp³-hybridized carbons (Fsp3) is 0.167. The summed E-state index contributed by atoms with van der Waals surface area (Å²) in [5.41, 5.74) is 1.08. The van der Waals surface area contributed by atoms with Crippen LogP contribution in [0.3, 0.4) is 0 Å². The molecule has 86 valence electrons. The molecule has 0 aliphatic carbocycles. The number of fused-ring (bicyclic) bond motifs is 1. The zero-order valence-electron chi connectivity index (χ0n) is 8.92. The van der Waals surface area contributed by atoms with Crippen LogP contribution in [0.15, 0.2) is 35.8 Å². The van der Waals surface area contributed by atoms with Crippen molar-refractivity contribution < 1.29 is 9.53 Å². The standard InChI is InChI=1S/C12H10N2O2S/c15-11(14-12-13-5-6-17-12)10-7-8-3-1-2-4-9(8)16-10/h1-6,10H,7H2,(H,13,14,15)/t10-/m1/s1. The van der Waals surface area contributed by atoms with E-state index in [1.54, 1.807) is 6.20 Å². The summed E-state index contributed by atoms with van der Waals surface area (Å²) < 4.78 is 5.58. The maximum Gasteiger partial charge on any atom is 0.267 e. The molecule has 2 aromatic rings. The van der Waals surface area contributed by atoms with Crippen molar-refractivity contribution in [2.45, 2.75) is 12.5 Å². The Morgan fingerprint density at radius 1 is 1.47 bits per heavy atom. The molecule has 0 unspecified atom stereocenters. The number of anilines is 1. The van der Waals surface area contributed by atoms with Crippen LogP contribution in [-0.2, 0) is 11.2 Å². The Morgan fingerprint density at radius 2 is 2.35 bits per heavy atom. The van der Waals surface area contributed by atoms with Gasteiger partial charge in [-0.15, -0.1) is 11.3 Å². The number of nitrogens with zero attached hydrogens (tertiary/aromatic N) is 1. The van der Waals surface area contributed by atoms with Gasteiger partial charge in [-0.3, -0.25) is 10.1 Å². The number of ether oxygens (including phenoxy) is 1. The highest BCUT2D eigenvalue weighted by Gasteiger charge is 2.28. The Labute approximate surface area is 102 Å². The molecule has 1 atom stereocenters. The third-order valence-electron chi connectivity index (χ3n) is 2.60. The zero-order valence-corrected chi connectivity index (χ0v) is 9.74. The second-order valence-electron chi connectivity index (χ2n) is 3.74. The second kappa shape index (κ2) is 4.18. The van der Waals surface area contributed by atoms with Gasteiger partial charge in [0.2, 0.25) is 0 Å². The number of carbonyl (C=O) groups is 1. The lowest BCUT2D eigenvalue weighted by Crippen LogP contribution is -2.31. The molecular weight excluding hydrogens is 236 g/mol. The molecule has 2 heterocycles. The van der Waals surface area contributed by atoms with Gasteiger partial charge in [0.15, 0.2) is 11.2 Å². The molecular formula is C12H10N2O2S. The minimum absolute atomic E-state index is 0.142. The molecule has 1 aromatic heterocycles. The molecule has 0 spiro atoms. The Kier molecular flexibility index (Phi) is 2.53. The predicted octanol–water partition coefficient (Wildman–Crippen LogP) is 2.09.